The lowest BCUT2D eigenvalue weighted by Gasteiger charge is -2.00. The van der Waals surface area contributed by atoms with Crippen LogP contribution in [-0.4, -0.2) is 39.3 Å². The summed E-state index contributed by atoms with van der Waals surface area (Å²) in [4.78, 5) is 4.08. The van der Waals surface area contributed by atoms with E-state index in [2.05, 4.69) is 4.99 Å². The lowest BCUT2D eigenvalue weighted by Crippen LogP contribution is -2.16. The van der Waals surface area contributed by atoms with Crippen LogP contribution in [0.1, 0.15) is 13.3 Å². The van der Waals surface area contributed by atoms with E-state index in [1.165, 1.54) is 0 Å². The number of amidine groups is 1. The fourth-order valence-corrected chi connectivity index (χ4v) is 0.681. The Morgan fingerprint density at radius 3 is 2.75 bits per heavy atom. The van der Waals surface area contributed by atoms with Crippen molar-refractivity contribution in [3.05, 3.63) is 0 Å². The molecule has 0 aliphatic heterocycles. The normalized spacial score (nSPS) is 12.0. The third-order valence-electron chi connectivity index (χ3n) is 1.32. The number of nitrogens with zero attached hydrogens (tertiary/aromatic N) is 1. The zero-order valence-electron chi connectivity index (χ0n) is 7.88. The molecule has 0 aromatic rings. The first-order valence-electron chi connectivity index (χ1n) is 4.16. The monoisotopic (exact) mass is 174 g/mol. The molecule has 4 nitrogen and oxygen atoms in total. The minimum Gasteiger partial charge on any atom is -0.387 e. The standard InChI is InChI=1S/C8H18N2O2/c1-3-12-6-4-8(9)10-5-7-11-2/h3-7H2,1-2H3,(H2,9,10). The van der Waals surface area contributed by atoms with Crippen molar-refractivity contribution in [3.63, 3.8) is 0 Å². The van der Waals surface area contributed by atoms with Gasteiger partial charge in [-0.05, 0) is 6.92 Å². The summed E-state index contributed by atoms with van der Waals surface area (Å²) in [6.45, 7) is 4.59. The molecular formula is C8H18N2O2. The molecule has 0 rings (SSSR count). The molecule has 0 radical (unpaired) electrons. The Labute approximate surface area is 73.8 Å². The van der Waals surface area contributed by atoms with E-state index >= 15 is 0 Å². The lowest BCUT2D eigenvalue weighted by molar-refractivity contribution is 0.155. The molecule has 0 saturated heterocycles. The molecule has 0 heterocycles. The maximum Gasteiger partial charge on any atom is 0.0961 e. The third kappa shape index (κ3) is 7.50. The molecule has 0 aromatic heterocycles. The zero-order chi connectivity index (χ0) is 9.23. The fourth-order valence-electron chi connectivity index (χ4n) is 0.681. The average Bonchev–Trinajstić information content (AvgIpc) is 2.06. The van der Waals surface area contributed by atoms with Crippen LogP contribution in [0.5, 0.6) is 0 Å². The van der Waals surface area contributed by atoms with Crippen LogP contribution in [-0.2, 0) is 9.47 Å². The average molecular weight is 174 g/mol. The van der Waals surface area contributed by atoms with Gasteiger partial charge < -0.3 is 15.2 Å². The van der Waals surface area contributed by atoms with Gasteiger partial charge in [0.25, 0.3) is 0 Å². The second kappa shape index (κ2) is 8.49. The molecule has 0 aromatic carbocycles. The molecule has 0 atom stereocenters. The highest BCUT2D eigenvalue weighted by Gasteiger charge is 1.91. The number of nitrogens with two attached hydrogens (primary N) is 1. The van der Waals surface area contributed by atoms with Gasteiger partial charge in [0.2, 0.25) is 0 Å². The summed E-state index contributed by atoms with van der Waals surface area (Å²) in [5.74, 6) is 0.639. The van der Waals surface area contributed by atoms with Crippen molar-refractivity contribution in [2.45, 2.75) is 13.3 Å². The molecule has 2 N–H and O–H groups in total. The van der Waals surface area contributed by atoms with Gasteiger partial charge in [-0.2, -0.15) is 0 Å². The first kappa shape index (κ1) is 11.4. The highest BCUT2D eigenvalue weighted by Crippen LogP contribution is 1.84. The Morgan fingerprint density at radius 2 is 2.17 bits per heavy atom. The summed E-state index contributed by atoms with van der Waals surface area (Å²) >= 11 is 0. The topological polar surface area (TPSA) is 56.8 Å². The van der Waals surface area contributed by atoms with E-state index in [-0.39, 0.29) is 0 Å². The van der Waals surface area contributed by atoms with E-state index in [0.29, 0.717) is 32.0 Å². The SMILES string of the molecule is CCOCCC(N)=NCCOC. The Hall–Kier alpha value is -0.610. The van der Waals surface area contributed by atoms with E-state index in [4.69, 9.17) is 15.2 Å². The molecule has 0 aliphatic rings. The molecular weight excluding hydrogens is 156 g/mol. The summed E-state index contributed by atoms with van der Waals surface area (Å²) in [7, 11) is 1.64. The quantitative estimate of drug-likeness (QED) is 0.345. The number of ether oxygens (including phenoxy) is 2. The third-order valence-corrected chi connectivity index (χ3v) is 1.32. The Bertz CT molecular complexity index is 126. The Morgan fingerprint density at radius 1 is 1.42 bits per heavy atom. The highest BCUT2D eigenvalue weighted by atomic mass is 16.5. The maximum absolute atomic E-state index is 5.57. The van der Waals surface area contributed by atoms with Crippen LogP contribution in [0.25, 0.3) is 0 Å². The van der Waals surface area contributed by atoms with E-state index < -0.39 is 0 Å². The van der Waals surface area contributed by atoms with Crippen LogP contribution >= 0.6 is 0 Å². The smallest absolute Gasteiger partial charge is 0.0961 e. The molecule has 0 aliphatic carbocycles. The van der Waals surface area contributed by atoms with E-state index in [1.807, 2.05) is 6.92 Å². The van der Waals surface area contributed by atoms with Crippen LogP contribution in [0.3, 0.4) is 0 Å². The molecule has 0 spiro atoms. The fraction of sp³-hybridized carbons (Fsp3) is 0.875. The minimum absolute atomic E-state index is 0.620. The number of aliphatic imine (C=N–C) groups is 1. The second-order valence-corrected chi connectivity index (χ2v) is 2.31. The van der Waals surface area contributed by atoms with Crippen molar-refractivity contribution >= 4 is 5.84 Å². The van der Waals surface area contributed by atoms with Crippen molar-refractivity contribution in [3.8, 4) is 0 Å². The number of hydrogen-bond donors (Lipinski definition) is 1. The summed E-state index contributed by atoms with van der Waals surface area (Å²) in [5.41, 5.74) is 5.57. The summed E-state index contributed by atoms with van der Waals surface area (Å²) in [5, 5.41) is 0. The molecule has 0 fully saturated rings. The summed E-state index contributed by atoms with van der Waals surface area (Å²) < 4.78 is 9.94. The van der Waals surface area contributed by atoms with Crippen LogP contribution in [0.2, 0.25) is 0 Å². The molecule has 0 saturated carbocycles. The predicted molar refractivity (Wildman–Crippen MR) is 49.5 cm³/mol. The predicted octanol–water partition coefficient (Wildman–Crippen LogP) is 0.417. The molecule has 0 amide bonds. The first-order chi connectivity index (χ1) is 5.81. The van der Waals surface area contributed by atoms with Gasteiger partial charge in [0.05, 0.1) is 25.6 Å². The van der Waals surface area contributed by atoms with Gasteiger partial charge in [0.15, 0.2) is 0 Å². The van der Waals surface area contributed by atoms with Crippen molar-refractivity contribution in [2.75, 3.05) is 33.5 Å². The van der Waals surface area contributed by atoms with Crippen LogP contribution in [0.15, 0.2) is 4.99 Å². The lowest BCUT2D eigenvalue weighted by atomic mass is 10.4. The van der Waals surface area contributed by atoms with Gasteiger partial charge in [-0.15, -0.1) is 0 Å². The van der Waals surface area contributed by atoms with Gasteiger partial charge >= 0.3 is 0 Å². The van der Waals surface area contributed by atoms with Gasteiger partial charge in [-0.3, -0.25) is 4.99 Å². The molecule has 0 bridgehead atoms. The number of methoxy groups -OCH3 is 1. The van der Waals surface area contributed by atoms with Gasteiger partial charge in [-0.25, -0.2) is 0 Å². The Balaban J connectivity index is 3.29. The summed E-state index contributed by atoms with van der Waals surface area (Å²) in [6, 6.07) is 0. The molecule has 72 valence electrons. The molecule has 4 heteroatoms. The molecule has 12 heavy (non-hydrogen) atoms. The summed E-state index contributed by atoms with van der Waals surface area (Å²) in [6.07, 6.45) is 0.706. The van der Waals surface area contributed by atoms with E-state index in [0.717, 1.165) is 6.61 Å². The maximum atomic E-state index is 5.57. The first-order valence-corrected chi connectivity index (χ1v) is 4.16. The number of rotatable bonds is 7. The van der Waals surface area contributed by atoms with E-state index in [1.54, 1.807) is 7.11 Å². The van der Waals surface area contributed by atoms with Crippen molar-refractivity contribution < 1.29 is 9.47 Å². The van der Waals surface area contributed by atoms with Crippen LogP contribution in [0, 0.1) is 0 Å². The molecule has 0 unspecified atom stereocenters. The number of hydrogen-bond acceptors (Lipinski definition) is 3. The van der Waals surface area contributed by atoms with Crippen LogP contribution < -0.4 is 5.73 Å². The second-order valence-electron chi connectivity index (χ2n) is 2.31. The largest absolute Gasteiger partial charge is 0.387 e. The van der Waals surface area contributed by atoms with Crippen molar-refractivity contribution in [2.24, 2.45) is 10.7 Å². The van der Waals surface area contributed by atoms with Gasteiger partial charge in [-0.1, -0.05) is 0 Å². The van der Waals surface area contributed by atoms with E-state index in [9.17, 15) is 0 Å². The van der Waals surface area contributed by atoms with Crippen molar-refractivity contribution in [1.29, 1.82) is 0 Å². The highest BCUT2D eigenvalue weighted by molar-refractivity contribution is 5.80. The Kier molecular flexibility index (Phi) is 8.05. The van der Waals surface area contributed by atoms with Gasteiger partial charge in [0, 0.05) is 20.1 Å². The minimum atomic E-state index is 0.620. The van der Waals surface area contributed by atoms with Gasteiger partial charge in [0.1, 0.15) is 0 Å². The zero-order valence-corrected chi connectivity index (χ0v) is 7.88. The van der Waals surface area contributed by atoms with Crippen molar-refractivity contribution in [1.82, 2.24) is 0 Å². The van der Waals surface area contributed by atoms with Crippen LogP contribution in [0.4, 0.5) is 0 Å².